The molecule has 6 nitrogen and oxygen atoms in total. The number of imidazole rings is 1. The van der Waals surface area contributed by atoms with Crippen LogP contribution in [0.25, 0.3) is 111 Å². The van der Waals surface area contributed by atoms with E-state index >= 15 is 0 Å². The molecule has 0 amide bonds. The molecule has 1 aliphatic rings. The van der Waals surface area contributed by atoms with Crippen molar-refractivity contribution in [3.63, 3.8) is 0 Å². The monoisotopic (exact) mass is 851 g/mol. The zero-order valence-corrected chi connectivity index (χ0v) is 34.9. The first kappa shape index (κ1) is 29.4. The summed E-state index contributed by atoms with van der Waals surface area (Å²) < 4.78 is 87.3. The predicted octanol–water partition coefficient (Wildman–Crippen LogP) is 14.4. The zero-order chi connectivity index (χ0) is 50.3. The van der Waals surface area contributed by atoms with Crippen LogP contribution < -0.4 is 9.30 Å². The van der Waals surface area contributed by atoms with Crippen molar-refractivity contribution in [1.82, 2.24) is 18.7 Å². The van der Waals surface area contributed by atoms with Crippen molar-refractivity contribution >= 4 is 54.6 Å². The molecule has 308 valence electrons. The van der Waals surface area contributed by atoms with Crippen molar-refractivity contribution in [3.8, 4) is 67.8 Å². The minimum Gasteiger partial charge on any atom is -0.458 e. The molecule has 0 unspecified atom stereocenters. The summed E-state index contributed by atoms with van der Waals surface area (Å²) in [7, 11) is 0. The lowest BCUT2D eigenvalue weighted by molar-refractivity contribution is -0.571. The molecule has 6 heteroatoms. The van der Waals surface area contributed by atoms with E-state index < -0.39 is 36.3 Å². The Balaban J connectivity index is 0.933. The topological polar surface area (TPSA) is 40.8 Å². The highest BCUT2D eigenvalue weighted by atomic mass is 16.5. The van der Waals surface area contributed by atoms with E-state index in [-0.39, 0.29) is 34.3 Å². The average Bonchev–Trinajstić information content (AvgIpc) is 4.16. The van der Waals surface area contributed by atoms with Crippen LogP contribution in [0.3, 0.4) is 0 Å². The third-order valence-corrected chi connectivity index (χ3v) is 12.7. The molecule has 5 heterocycles. The smallest absolute Gasteiger partial charge is 0.269 e. The lowest BCUT2D eigenvalue weighted by Crippen LogP contribution is -2.30. The third kappa shape index (κ3) is 5.42. The van der Waals surface area contributed by atoms with Gasteiger partial charge in [0.2, 0.25) is 0 Å². The summed E-state index contributed by atoms with van der Waals surface area (Å²) in [4.78, 5) is 5.13. The minimum absolute atomic E-state index is 0.00582. The van der Waals surface area contributed by atoms with E-state index in [0.29, 0.717) is 45.0 Å². The maximum atomic E-state index is 9.39. The predicted molar refractivity (Wildman–Crippen MR) is 266 cm³/mol. The van der Waals surface area contributed by atoms with E-state index in [4.69, 9.17) is 15.2 Å². The summed E-state index contributed by atoms with van der Waals surface area (Å²) >= 11 is 0. The second-order valence-electron chi connectivity index (χ2n) is 16.3. The van der Waals surface area contributed by atoms with Crippen LogP contribution in [0.1, 0.15) is 11.0 Å². The van der Waals surface area contributed by atoms with Crippen LogP contribution >= 0.6 is 0 Å². The van der Waals surface area contributed by atoms with E-state index in [1.165, 1.54) is 0 Å². The lowest BCUT2D eigenvalue weighted by atomic mass is 9.89. The van der Waals surface area contributed by atoms with Crippen molar-refractivity contribution < 1.29 is 20.3 Å². The first-order valence-corrected chi connectivity index (χ1v) is 21.6. The van der Waals surface area contributed by atoms with Crippen molar-refractivity contribution in [3.05, 3.63) is 231 Å². The maximum Gasteiger partial charge on any atom is 0.269 e. The Bertz CT molecular complexity index is 4580. The first-order valence-electron chi connectivity index (χ1n) is 25.6. The van der Waals surface area contributed by atoms with Crippen molar-refractivity contribution in [2.24, 2.45) is 0 Å². The van der Waals surface area contributed by atoms with Gasteiger partial charge in [0.15, 0.2) is 0 Å². The van der Waals surface area contributed by atoms with Crippen LogP contribution in [0.2, 0.25) is 0 Å². The van der Waals surface area contributed by atoms with Gasteiger partial charge in [-0.15, -0.1) is 0 Å². The summed E-state index contributed by atoms with van der Waals surface area (Å²) in [5.74, 6) is 1.90. The van der Waals surface area contributed by atoms with E-state index in [1.54, 1.807) is 18.2 Å². The highest BCUT2D eigenvalue weighted by Crippen LogP contribution is 2.43. The number of aromatic nitrogens is 5. The van der Waals surface area contributed by atoms with Gasteiger partial charge in [0, 0.05) is 45.6 Å². The van der Waals surface area contributed by atoms with Gasteiger partial charge >= 0.3 is 0 Å². The van der Waals surface area contributed by atoms with Crippen LogP contribution in [-0.4, -0.2) is 18.7 Å². The van der Waals surface area contributed by atoms with E-state index in [1.807, 2.05) is 94.2 Å². The largest absolute Gasteiger partial charge is 0.458 e. The average molecular weight is 852 g/mol. The molecule has 0 N–H and O–H groups in total. The number of benzene rings is 9. The molecule has 14 rings (SSSR count). The first-order chi connectivity index (χ1) is 36.1. The van der Waals surface area contributed by atoms with Gasteiger partial charge in [0.1, 0.15) is 17.3 Å². The zero-order valence-electron chi connectivity index (χ0n) is 42.9. The van der Waals surface area contributed by atoms with Gasteiger partial charge < -0.3 is 9.30 Å². The molecule has 4 aromatic heterocycles. The number of hydrogen-bond donors (Lipinski definition) is 0. The van der Waals surface area contributed by atoms with Gasteiger partial charge in [0.25, 0.3) is 6.33 Å². The fourth-order valence-corrected chi connectivity index (χ4v) is 9.92. The number of nitrogens with zero attached hydrogens (tertiary/aromatic N) is 5. The number of ether oxygens (including phenoxy) is 1. The Morgan fingerprint density at radius 1 is 0.439 bits per heavy atom. The molecule has 13 aromatic rings. The number of hydrogen-bond acceptors (Lipinski definition) is 2. The molecule has 0 aliphatic carbocycles. The second kappa shape index (κ2) is 14.3. The van der Waals surface area contributed by atoms with Gasteiger partial charge in [0.05, 0.1) is 55.4 Å². The molecule has 0 saturated carbocycles. The highest BCUT2D eigenvalue weighted by molar-refractivity contribution is 6.11. The normalized spacial score (nSPS) is 13.6. The molecule has 66 heavy (non-hydrogen) atoms. The van der Waals surface area contributed by atoms with Crippen LogP contribution in [0.5, 0.6) is 11.5 Å². The molecule has 0 spiro atoms. The minimum atomic E-state index is -0.511. The number of pyridine rings is 1. The molecule has 9 aromatic carbocycles. The molecule has 1 aliphatic heterocycles. The van der Waals surface area contributed by atoms with E-state index in [0.717, 1.165) is 55.1 Å². The third-order valence-electron chi connectivity index (χ3n) is 12.7. The van der Waals surface area contributed by atoms with Crippen molar-refractivity contribution in [2.45, 2.75) is 0 Å². The Morgan fingerprint density at radius 2 is 1.02 bits per heavy atom. The Morgan fingerprint density at radius 3 is 1.82 bits per heavy atom. The quantitative estimate of drug-likeness (QED) is 0.128. The molecule has 0 saturated heterocycles. The van der Waals surface area contributed by atoms with Gasteiger partial charge in [-0.3, -0.25) is 13.7 Å². The molecular formula is C60H37N5O. The molecule has 0 radical (unpaired) electrons. The number of para-hydroxylation sites is 5. The SMILES string of the molecule is [2H]c1c([2H])c([2H])c2c(c1[2H])-c1ccccc1-[n+]1[c-]n(-c3cccc(Oc4ccc5c6ccccc6n(-c6cc7c(cn6)c6ccccc6n7-c6ccccc6)c5c4)c3)c3cccc(c31)-c1c([2H])c([2H])c([2H])c([2H])c1-2. The van der Waals surface area contributed by atoms with Crippen molar-refractivity contribution in [1.29, 1.82) is 0 Å². The molecule has 0 fully saturated rings. The Kier molecular flexibility index (Phi) is 6.35. The summed E-state index contributed by atoms with van der Waals surface area (Å²) in [6.45, 7) is 0. The summed E-state index contributed by atoms with van der Waals surface area (Å²) in [5.41, 5.74) is 8.57. The van der Waals surface area contributed by atoms with Crippen LogP contribution in [0.15, 0.2) is 224 Å². The second-order valence-corrected chi connectivity index (χ2v) is 16.3. The fraction of sp³-hybridized carbons (Fsp3) is 0. The molecular weight excluding hydrogens is 807 g/mol. The van der Waals surface area contributed by atoms with Gasteiger partial charge in [-0.1, -0.05) is 145 Å². The fourth-order valence-electron chi connectivity index (χ4n) is 9.92. The number of rotatable bonds is 5. The van der Waals surface area contributed by atoms with Crippen molar-refractivity contribution in [2.75, 3.05) is 0 Å². The Labute approximate surface area is 390 Å². The van der Waals surface area contributed by atoms with Crippen LogP contribution in [0, 0.1) is 6.33 Å². The van der Waals surface area contributed by atoms with Crippen LogP contribution in [-0.2, 0) is 0 Å². The van der Waals surface area contributed by atoms with Gasteiger partial charge in [-0.05, 0) is 94.0 Å². The lowest BCUT2D eigenvalue weighted by Gasteiger charge is -2.15. The standard InChI is InChI=1S/C60H37N5O/c1-2-16-39(17-3-1)64-54-29-12-10-26-49(54)52-37-61-59(36-58(52)64)65-55-30-13-9-25-48(55)50-33-32-42(35-57(50)65)66-41-19-14-18-40(34-41)62-38-63-53-28-11-8-24-47(53)45-22-6-4-20-43(45)44-21-5-7-23-46(44)51-27-15-31-56(62)60(51)63/h1-37H/i4D,5D,6D,7D,20D,21D,22D,23D. The molecule has 0 atom stereocenters. The number of fused-ring (bicyclic) bond motifs is 13. The summed E-state index contributed by atoms with van der Waals surface area (Å²) in [5, 5.41) is 4.29. The maximum absolute atomic E-state index is 9.39. The highest BCUT2D eigenvalue weighted by Gasteiger charge is 2.24. The van der Waals surface area contributed by atoms with Gasteiger partial charge in [-0.25, -0.2) is 4.98 Å². The summed E-state index contributed by atoms with van der Waals surface area (Å²) in [6, 6.07) is 52.3. The van der Waals surface area contributed by atoms with E-state index in [9.17, 15) is 5.48 Å². The van der Waals surface area contributed by atoms with Crippen LogP contribution in [0.4, 0.5) is 0 Å². The summed E-state index contributed by atoms with van der Waals surface area (Å²) in [6.07, 6.45) is 5.52. The Hall–Kier alpha value is -9.00. The molecule has 0 bridgehead atoms. The van der Waals surface area contributed by atoms with Gasteiger partial charge in [-0.2, -0.15) is 0 Å². The van der Waals surface area contributed by atoms with E-state index in [2.05, 4.69) is 88.3 Å².